The van der Waals surface area contributed by atoms with Gasteiger partial charge in [0.1, 0.15) is 11.6 Å². The fraction of sp³-hybridized carbons (Fsp3) is 0.167. The first-order chi connectivity index (χ1) is 8.22. The van der Waals surface area contributed by atoms with Gasteiger partial charge >= 0.3 is 0 Å². The predicted octanol–water partition coefficient (Wildman–Crippen LogP) is 1.62. The molecule has 0 spiro atoms. The molecule has 0 radical (unpaired) electrons. The second-order valence-corrected chi connectivity index (χ2v) is 3.48. The van der Waals surface area contributed by atoms with Crippen molar-refractivity contribution < 1.29 is 9.53 Å². The summed E-state index contributed by atoms with van der Waals surface area (Å²) in [5.41, 5.74) is 6.53. The summed E-state index contributed by atoms with van der Waals surface area (Å²) in [5, 5.41) is 6.25. The highest BCUT2D eigenvalue weighted by atomic mass is 16.5. The van der Waals surface area contributed by atoms with Gasteiger partial charge in [-0.2, -0.15) is 5.10 Å². The van der Waals surface area contributed by atoms with E-state index in [-0.39, 0.29) is 11.6 Å². The van der Waals surface area contributed by atoms with Gasteiger partial charge in [0.2, 0.25) is 0 Å². The molecule has 5 nitrogen and oxygen atoms in total. The van der Waals surface area contributed by atoms with E-state index in [0.29, 0.717) is 17.7 Å². The molecule has 0 aliphatic heterocycles. The third-order valence-electron chi connectivity index (χ3n) is 2.34. The standard InChI is InChI=1S/C12H13N3O2/c1-2-17-9-5-3-8(4-6-9)11(16)10-7-14-15-12(10)13/h3-7H,2H2,1H3,(H3,13,14,15). The van der Waals surface area contributed by atoms with Crippen LogP contribution in [0.15, 0.2) is 30.5 Å². The van der Waals surface area contributed by atoms with Crippen molar-refractivity contribution >= 4 is 11.6 Å². The zero-order valence-corrected chi connectivity index (χ0v) is 9.43. The number of anilines is 1. The number of hydrogen-bond acceptors (Lipinski definition) is 4. The number of ether oxygens (including phenoxy) is 1. The molecule has 3 N–H and O–H groups in total. The minimum Gasteiger partial charge on any atom is -0.494 e. The summed E-state index contributed by atoms with van der Waals surface area (Å²) >= 11 is 0. The molecule has 5 heteroatoms. The fourth-order valence-corrected chi connectivity index (χ4v) is 1.50. The number of H-pyrrole nitrogens is 1. The van der Waals surface area contributed by atoms with Gasteiger partial charge in [0.15, 0.2) is 5.78 Å². The lowest BCUT2D eigenvalue weighted by molar-refractivity contribution is 0.103. The SMILES string of the molecule is CCOc1ccc(C(=O)c2cn[nH]c2N)cc1. The van der Waals surface area contributed by atoms with Crippen LogP contribution in [0, 0.1) is 0 Å². The maximum atomic E-state index is 12.0. The molecule has 0 saturated carbocycles. The van der Waals surface area contributed by atoms with Gasteiger partial charge in [-0.15, -0.1) is 0 Å². The number of nitrogens with zero attached hydrogens (tertiary/aromatic N) is 1. The first-order valence-corrected chi connectivity index (χ1v) is 5.28. The zero-order valence-electron chi connectivity index (χ0n) is 9.43. The average Bonchev–Trinajstić information content (AvgIpc) is 2.76. The second-order valence-electron chi connectivity index (χ2n) is 3.48. The van der Waals surface area contributed by atoms with Crippen molar-refractivity contribution in [1.29, 1.82) is 0 Å². The Morgan fingerprint density at radius 2 is 2.12 bits per heavy atom. The van der Waals surface area contributed by atoms with Crippen molar-refractivity contribution in [3.05, 3.63) is 41.6 Å². The van der Waals surface area contributed by atoms with Crippen LogP contribution in [0.2, 0.25) is 0 Å². The Kier molecular flexibility index (Phi) is 3.09. The van der Waals surface area contributed by atoms with E-state index in [4.69, 9.17) is 10.5 Å². The molecule has 1 aromatic heterocycles. The van der Waals surface area contributed by atoms with Gasteiger partial charge in [-0.05, 0) is 31.2 Å². The van der Waals surface area contributed by atoms with E-state index in [0.717, 1.165) is 5.75 Å². The number of aromatic nitrogens is 2. The third kappa shape index (κ3) is 2.28. The molecule has 88 valence electrons. The van der Waals surface area contributed by atoms with Gasteiger partial charge in [0.25, 0.3) is 0 Å². The van der Waals surface area contributed by atoms with Gasteiger partial charge in [-0.25, -0.2) is 0 Å². The van der Waals surface area contributed by atoms with Crippen LogP contribution in [0.4, 0.5) is 5.82 Å². The number of ketones is 1. The van der Waals surface area contributed by atoms with E-state index >= 15 is 0 Å². The first kappa shape index (κ1) is 11.2. The number of nitrogen functional groups attached to an aromatic ring is 1. The van der Waals surface area contributed by atoms with Gasteiger partial charge < -0.3 is 10.5 Å². The quantitative estimate of drug-likeness (QED) is 0.783. The Bertz CT molecular complexity index is 517. The minimum atomic E-state index is -0.153. The molecule has 0 aliphatic rings. The van der Waals surface area contributed by atoms with Crippen molar-refractivity contribution in [3.63, 3.8) is 0 Å². The smallest absolute Gasteiger partial charge is 0.198 e. The van der Waals surface area contributed by atoms with Crippen LogP contribution in [-0.2, 0) is 0 Å². The summed E-state index contributed by atoms with van der Waals surface area (Å²) in [5.74, 6) is 0.868. The van der Waals surface area contributed by atoms with Crippen LogP contribution in [-0.4, -0.2) is 22.6 Å². The van der Waals surface area contributed by atoms with Crippen LogP contribution in [0.5, 0.6) is 5.75 Å². The van der Waals surface area contributed by atoms with Crippen LogP contribution < -0.4 is 10.5 Å². The van der Waals surface area contributed by atoms with Crippen LogP contribution in [0.1, 0.15) is 22.8 Å². The summed E-state index contributed by atoms with van der Waals surface area (Å²) in [6, 6.07) is 6.93. The Morgan fingerprint density at radius 3 is 2.65 bits per heavy atom. The minimum absolute atomic E-state index is 0.153. The summed E-state index contributed by atoms with van der Waals surface area (Å²) in [6.45, 7) is 2.51. The number of carbonyl (C=O) groups excluding carboxylic acids is 1. The highest BCUT2D eigenvalue weighted by Crippen LogP contribution is 2.17. The van der Waals surface area contributed by atoms with Crippen LogP contribution in [0.3, 0.4) is 0 Å². The highest BCUT2D eigenvalue weighted by molar-refractivity contribution is 6.11. The molecule has 1 heterocycles. The van der Waals surface area contributed by atoms with E-state index < -0.39 is 0 Å². The number of nitrogens with two attached hydrogens (primary N) is 1. The van der Waals surface area contributed by atoms with Crippen LogP contribution in [0.25, 0.3) is 0 Å². The fourth-order valence-electron chi connectivity index (χ4n) is 1.50. The van der Waals surface area contributed by atoms with Crippen molar-refractivity contribution in [3.8, 4) is 5.75 Å². The van der Waals surface area contributed by atoms with E-state index in [9.17, 15) is 4.79 Å². The molecule has 0 aliphatic carbocycles. The number of benzene rings is 1. The Labute approximate surface area is 98.6 Å². The normalized spacial score (nSPS) is 10.2. The zero-order chi connectivity index (χ0) is 12.3. The summed E-state index contributed by atoms with van der Waals surface area (Å²) in [7, 11) is 0. The topological polar surface area (TPSA) is 81.0 Å². The van der Waals surface area contributed by atoms with E-state index in [2.05, 4.69) is 10.2 Å². The van der Waals surface area contributed by atoms with E-state index in [1.807, 2.05) is 6.92 Å². The van der Waals surface area contributed by atoms with E-state index in [1.54, 1.807) is 24.3 Å². The lowest BCUT2D eigenvalue weighted by Gasteiger charge is -2.03. The van der Waals surface area contributed by atoms with Gasteiger partial charge in [0, 0.05) is 5.56 Å². The van der Waals surface area contributed by atoms with Gasteiger partial charge in [-0.1, -0.05) is 0 Å². The monoisotopic (exact) mass is 231 g/mol. The number of carbonyl (C=O) groups is 1. The molecule has 2 aromatic rings. The lowest BCUT2D eigenvalue weighted by Crippen LogP contribution is -2.03. The molecule has 0 fully saturated rings. The average molecular weight is 231 g/mol. The molecule has 0 atom stereocenters. The Balaban J connectivity index is 2.23. The van der Waals surface area contributed by atoms with Crippen LogP contribution >= 0.6 is 0 Å². The highest BCUT2D eigenvalue weighted by Gasteiger charge is 2.13. The first-order valence-electron chi connectivity index (χ1n) is 5.28. The molecular formula is C12H13N3O2. The maximum absolute atomic E-state index is 12.0. The van der Waals surface area contributed by atoms with Gasteiger partial charge in [-0.3, -0.25) is 9.89 Å². The van der Waals surface area contributed by atoms with E-state index in [1.165, 1.54) is 6.20 Å². The number of aromatic amines is 1. The summed E-state index contributed by atoms with van der Waals surface area (Å²) in [4.78, 5) is 12.0. The maximum Gasteiger partial charge on any atom is 0.198 e. The predicted molar refractivity (Wildman–Crippen MR) is 64.0 cm³/mol. The second kappa shape index (κ2) is 4.69. The number of rotatable bonds is 4. The molecule has 0 saturated heterocycles. The van der Waals surface area contributed by atoms with Crippen molar-refractivity contribution in [2.24, 2.45) is 0 Å². The Hall–Kier alpha value is -2.30. The summed E-state index contributed by atoms with van der Waals surface area (Å²) < 4.78 is 5.30. The van der Waals surface area contributed by atoms with Crippen molar-refractivity contribution in [2.75, 3.05) is 12.3 Å². The molecule has 1 aromatic carbocycles. The number of nitrogens with one attached hydrogen (secondary N) is 1. The van der Waals surface area contributed by atoms with Crippen molar-refractivity contribution in [2.45, 2.75) is 6.92 Å². The van der Waals surface area contributed by atoms with Crippen molar-refractivity contribution in [1.82, 2.24) is 10.2 Å². The molecule has 2 rings (SSSR count). The lowest BCUT2D eigenvalue weighted by atomic mass is 10.1. The molecule has 0 bridgehead atoms. The van der Waals surface area contributed by atoms with Gasteiger partial charge in [0.05, 0.1) is 18.4 Å². The Morgan fingerprint density at radius 1 is 1.41 bits per heavy atom. The molecule has 0 amide bonds. The molecule has 17 heavy (non-hydrogen) atoms. The molecule has 0 unspecified atom stereocenters. The third-order valence-corrected chi connectivity index (χ3v) is 2.34. The number of hydrogen-bond donors (Lipinski definition) is 2. The molecular weight excluding hydrogens is 218 g/mol. The summed E-state index contributed by atoms with van der Waals surface area (Å²) in [6.07, 6.45) is 1.42. The largest absolute Gasteiger partial charge is 0.494 e.